The highest BCUT2D eigenvalue weighted by Crippen LogP contribution is 2.42. The van der Waals surface area contributed by atoms with Crippen LogP contribution in [0.4, 0.5) is 5.69 Å². The summed E-state index contributed by atoms with van der Waals surface area (Å²) in [6, 6.07) is 18.5. The van der Waals surface area contributed by atoms with Crippen molar-refractivity contribution in [1.29, 1.82) is 0 Å². The van der Waals surface area contributed by atoms with Crippen LogP contribution >= 0.6 is 0 Å². The van der Waals surface area contributed by atoms with Crippen LogP contribution in [0.5, 0.6) is 0 Å². The number of allylic oxidation sites excluding steroid dienone is 1. The van der Waals surface area contributed by atoms with Crippen LogP contribution in [0.1, 0.15) is 42.3 Å². The summed E-state index contributed by atoms with van der Waals surface area (Å²) in [5, 5.41) is 3.62. The first-order valence-electron chi connectivity index (χ1n) is 7.99. The Balaban J connectivity index is 1.89. The highest BCUT2D eigenvalue weighted by Gasteiger charge is 2.35. The molecule has 0 radical (unpaired) electrons. The lowest BCUT2D eigenvalue weighted by molar-refractivity contribution is -0.117. The third-order valence-electron chi connectivity index (χ3n) is 4.74. The molecule has 2 aromatic rings. The van der Waals surface area contributed by atoms with Crippen molar-refractivity contribution >= 4 is 11.5 Å². The molecule has 4 rings (SSSR count). The number of para-hydroxylation sites is 1. The Bertz CT molecular complexity index is 732. The first kappa shape index (κ1) is 13.3. The van der Waals surface area contributed by atoms with E-state index in [1.54, 1.807) is 0 Å². The standard InChI is InChI=1S/C20H19NO/c22-20-16-11-4-5-12-17(20)19(14-8-2-1-3-9-14)21-18-13-7-6-10-15(16)18/h1-3,6-10,12-13,16,19,21H,4-5,11H2. The molecule has 1 aliphatic carbocycles. The third kappa shape index (κ3) is 2.16. The van der Waals surface area contributed by atoms with Gasteiger partial charge < -0.3 is 5.32 Å². The van der Waals surface area contributed by atoms with E-state index in [1.807, 2.05) is 30.3 Å². The lowest BCUT2D eigenvalue weighted by atomic mass is 9.87. The fourth-order valence-corrected chi connectivity index (χ4v) is 3.64. The summed E-state index contributed by atoms with van der Waals surface area (Å²) >= 11 is 0. The van der Waals surface area contributed by atoms with Gasteiger partial charge in [0.2, 0.25) is 0 Å². The minimum Gasteiger partial charge on any atom is -0.374 e. The van der Waals surface area contributed by atoms with E-state index in [0.29, 0.717) is 5.78 Å². The van der Waals surface area contributed by atoms with Crippen molar-refractivity contribution < 1.29 is 4.79 Å². The quantitative estimate of drug-likeness (QED) is 0.830. The molecule has 0 spiro atoms. The molecular weight excluding hydrogens is 270 g/mol. The number of ketones is 1. The van der Waals surface area contributed by atoms with Crippen LogP contribution in [0.2, 0.25) is 0 Å². The minimum atomic E-state index is -0.0436. The van der Waals surface area contributed by atoms with Crippen LogP contribution < -0.4 is 5.32 Å². The van der Waals surface area contributed by atoms with Gasteiger partial charge in [0.15, 0.2) is 5.78 Å². The molecule has 0 fully saturated rings. The van der Waals surface area contributed by atoms with E-state index >= 15 is 0 Å². The van der Waals surface area contributed by atoms with E-state index in [2.05, 4.69) is 35.7 Å². The molecule has 2 unspecified atom stereocenters. The van der Waals surface area contributed by atoms with Gasteiger partial charge in [-0.3, -0.25) is 4.79 Å². The van der Waals surface area contributed by atoms with Crippen LogP contribution in [0, 0.1) is 0 Å². The summed E-state index contributed by atoms with van der Waals surface area (Å²) in [6.07, 6.45) is 5.17. The topological polar surface area (TPSA) is 29.1 Å². The summed E-state index contributed by atoms with van der Waals surface area (Å²) < 4.78 is 0. The molecule has 2 nitrogen and oxygen atoms in total. The van der Waals surface area contributed by atoms with Gasteiger partial charge in [-0.2, -0.15) is 0 Å². The maximum absolute atomic E-state index is 13.1. The van der Waals surface area contributed by atoms with E-state index < -0.39 is 0 Å². The average molecular weight is 289 g/mol. The second-order valence-electron chi connectivity index (χ2n) is 6.08. The number of nitrogens with one attached hydrogen (secondary N) is 1. The number of anilines is 1. The molecule has 0 saturated carbocycles. The Morgan fingerprint density at radius 2 is 1.73 bits per heavy atom. The molecule has 1 heterocycles. The van der Waals surface area contributed by atoms with Gasteiger partial charge in [0.05, 0.1) is 6.04 Å². The highest BCUT2D eigenvalue weighted by molar-refractivity contribution is 6.04. The normalized spacial score (nSPS) is 23.6. The lowest BCUT2D eigenvalue weighted by Gasteiger charge is -2.20. The smallest absolute Gasteiger partial charge is 0.168 e. The Kier molecular flexibility index (Phi) is 3.30. The predicted molar refractivity (Wildman–Crippen MR) is 88.9 cm³/mol. The molecule has 1 aliphatic heterocycles. The number of rotatable bonds is 1. The van der Waals surface area contributed by atoms with Gasteiger partial charge in [0.25, 0.3) is 0 Å². The molecule has 22 heavy (non-hydrogen) atoms. The van der Waals surface area contributed by atoms with Crippen molar-refractivity contribution in [1.82, 2.24) is 0 Å². The molecule has 2 aliphatic rings. The SMILES string of the molecule is O=C1C2=CCCCC1c1ccccc1NC2c1ccccc1. The number of fused-ring (bicyclic) bond motifs is 4. The average Bonchev–Trinajstić information content (AvgIpc) is 2.82. The second kappa shape index (κ2) is 5.45. The molecule has 2 atom stereocenters. The molecule has 2 bridgehead atoms. The van der Waals surface area contributed by atoms with Crippen LogP contribution in [-0.2, 0) is 4.79 Å². The third-order valence-corrected chi connectivity index (χ3v) is 4.74. The largest absolute Gasteiger partial charge is 0.374 e. The number of Topliss-reactive ketones (excluding diaryl/α,β-unsaturated/α-hetero) is 1. The molecular formula is C20H19NO. The van der Waals surface area contributed by atoms with Crippen molar-refractivity contribution in [3.05, 3.63) is 77.4 Å². The van der Waals surface area contributed by atoms with Crippen LogP contribution in [0.15, 0.2) is 66.2 Å². The predicted octanol–water partition coefficient (Wildman–Crippen LogP) is 4.62. The zero-order valence-electron chi connectivity index (χ0n) is 12.5. The van der Waals surface area contributed by atoms with Gasteiger partial charge in [0.1, 0.15) is 0 Å². The van der Waals surface area contributed by atoms with Crippen molar-refractivity contribution in [3.63, 3.8) is 0 Å². The fourth-order valence-electron chi connectivity index (χ4n) is 3.64. The number of benzene rings is 2. The minimum absolute atomic E-state index is 0.00571. The first-order valence-corrected chi connectivity index (χ1v) is 7.99. The zero-order valence-corrected chi connectivity index (χ0v) is 12.5. The van der Waals surface area contributed by atoms with Crippen LogP contribution in [-0.4, -0.2) is 5.78 Å². The molecule has 0 amide bonds. The van der Waals surface area contributed by atoms with Gasteiger partial charge >= 0.3 is 0 Å². The van der Waals surface area contributed by atoms with E-state index in [-0.39, 0.29) is 12.0 Å². The van der Waals surface area contributed by atoms with Gasteiger partial charge in [-0.1, -0.05) is 54.6 Å². The molecule has 1 N–H and O–H groups in total. The van der Waals surface area contributed by atoms with Gasteiger partial charge in [-0.25, -0.2) is 0 Å². The Morgan fingerprint density at radius 3 is 2.59 bits per heavy atom. The van der Waals surface area contributed by atoms with Gasteiger partial charge in [0, 0.05) is 17.2 Å². The monoisotopic (exact) mass is 289 g/mol. The summed E-state index contributed by atoms with van der Waals surface area (Å²) in [7, 11) is 0. The molecule has 2 aromatic carbocycles. The number of hydrogen-bond donors (Lipinski definition) is 1. The number of carbonyl (C=O) groups is 1. The van der Waals surface area contributed by atoms with E-state index in [1.165, 1.54) is 0 Å². The van der Waals surface area contributed by atoms with Crippen LogP contribution in [0.25, 0.3) is 0 Å². The molecule has 0 saturated heterocycles. The maximum atomic E-state index is 13.1. The Hall–Kier alpha value is -2.35. The highest BCUT2D eigenvalue weighted by atomic mass is 16.1. The number of carbonyl (C=O) groups excluding carboxylic acids is 1. The zero-order chi connectivity index (χ0) is 14.9. The molecule has 2 heteroatoms. The fraction of sp³-hybridized carbons (Fsp3) is 0.250. The summed E-state index contributed by atoms with van der Waals surface area (Å²) in [5.41, 5.74) is 4.34. The van der Waals surface area contributed by atoms with Gasteiger partial charge in [-0.15, -0.1) is 0 Å². The summed E-state index contributed by atoms with van der Waals surface area (Å²) in [4.78, 5) is 13.1. The Labute approximate surface area is 130 Å². The van der Waals surface area contributed by atoms with E-state index in [9.17, 15) is 4.79 Å². The number of hydrogen-bond acceptors (Lipinski definition) is 2. The van der Waals surface area contributed by atoms with Crippen LogP contribution in [0.3, 0.4) is 0 Å². The molecule has 0 aromatic heterocycles. The Morgan fingerprint density at radius 1 is 0.955 bits per heavy atom. The van der Waals surface area contributed by atoms with E-state index in [4.69, 9.17) is 0 Å². The maximum Gasteiger partial charge on any atom is 0.168 e. The summed E-state index contributed by atoms with van der Waals surface area (Å²) in [5.74, 6) is 0.301. The van der Waals surface area contributed by atoms with Crippen molar-refractivity contribution in [3.8, 4) is 0 Å². The lowest BCUT2D eigenvalue weighted by Crippen LogP contribution is -2.18. The van der Waals surface area contributed by atoms with Crippen molar-refractivity contribution in [2.24, 2.45) is 0 Å². The molecule has 110 valence electrons. The summed E-state index contributed by atoms with van der Waals surface area (Å²) in [6.45, 7) is 0. The first-order chi connectivity index (χ1) is 10.8. The second-order valence-corrected chi connectivity index (χ2v) is 6.08. The van der Waals surface area contributed by atoms with E-state index in [0.717, 1.165) is 41.6 Å². The van der Waals surface area contributed by atoms with Crippen molar-refractivity contribution in [2.75, 3.05) is 5.32 Å². The van der Waals surface area contributed by atoms with Gasteiger partial charge in [-0.05, 0) is 36.5 Å². The van der Waals surface area contributed by atoms with Crippen molar-refractivity contribution in [2.45, 2.75) is 31.2 Å².